The molecule has 1 aromatic heterocycles. The lowest BCUT2D eigenvalue weighted by Gasteiger charge is -2.26. The van der Waals surface area contributed by atoms with Crippen LogP contribution in [-0.2, 0) is 11.3 Å². The van der Waals surface area contributed by atoms with Crippen LogP contribution >= 0.6 is 27.3 Å². The Bertz CT molecular complexity index is 399. The third-order valence-electron chi connectivity index (χ3n) is 3.55. The van der Waals surface area contributed by atoms with Gasteiger partial charge in [-0.05, 0) is 60.1 Å². The van der Waals surface area contributed by atoms with Gasteiger partial charge in [0.05, 0.1) is 5.92 Å². The minimum atomic E-state index is -0.621. The Hall–Kier alpha value is -0.390. The molecule has 0 spiro atoms. The van der Waals surface area contributed by atoms with Crippen LogP contribution in [-0.4, -0.2) is 17.6 Å². The number of aliphatic carboxylic acids is 1. The summed E-state index contributed by atoms with van der Waals surface area (Å²) in [6.45, 7) is 1.91. The van der Waals surface area contributed by atoms with Crippen LogP contribution in [0.15, 0.2) is 15.9 Å². The third kappa shape index (κ3) is 4.07. The van der Waals surface area contributed by atoms with Crippen LogP contribution in [0.4, 0.5) is 0 Å². The molecular weight excluding hydrogens is 314 g/mol. The first-order chi connectivity index (χ1) is 8.65. The van der Waals surface area contributed by atoms with Crippen molar-refractivity contribution in [3.05, 3.63) is 20.8 Å². The summed E-state index contributed by atoms with van der Waals surface area (Å²) in [5.41, 5.74) is 0. The molecule has 0 saturated heterocycles. The van der Waals surface area contributed by atoms with E-state index in [1.54, 1.807) is 11.3 Å². The average Bonchev–Trinajstić information content (AvgIpc) is 2.76. The molecule has 1 aromatic rings. The third-order valence-corrected chi connectivity index (χ3v) is 5.25. The summed E-state index contributed by atoms with van der Waals surface area (Å²) in [4.78, 5) is 12.2. The standard InChI is InChI=1S/C13H18BrNO2S/c14-11-5-12(18-8-11)7-15-6-9-1-3-10(4-2-9)13(16)17/h5,8-10,15H,1-4,6-7H2,(H,16,17). The molecule has 1 aliphatic rings. The molecule has 1 fully saturated rings. The molecule has 2 N–H and O–H groups in total. The van der Waals surface area contributed by atoms with Crippen LogP contribution in [0.5, 0.6) is 0 Å². The monoisotopic (exact) mass is 331 g/mol. The maximum atomic E-state index is 10.8. The summed E-state index contributed by atoms with van der Waals surface area (Å²) in [6, 6.07) is 2.14. The highest BCUT2D eigenvalue weighted by Gasteiger charge is 2.25. The quantitative estimate of drug-likeness (QED) is 0.868. The molecule has 0 unspecified atom stereocenters. The van der Waals surface area contributed by atoms with E-state index in [0.29, 0.717) is 5.92 Å². The van der Waals surface area contributed by atoms with Crippen LogP contribution in [0.1, 0.15) is 30.6 Å². The molecule has 0 atom stereocenters. The molecule has 5 heteroatoms. The molecule has 0 aliphatic heterocycles. The van der Waals surface area contributed by atoms with Gasteiger partial charge in [0.15, 0.2) is 0 Å². The van der Waals surface area contributed by atoms with Gasteiger partial charge in [-0.15, -0.1) is 11.3 Å². The Morgan fingerprint density at radius 1 is 1.44 bits per heavy atom. The van der Waals surface area contributed by atoms with E-state index < -0.39 is 5.97 Å². The molecule has 2 rings (SSSR count). The molecule has 0 amide bonds. The lowest BCUT2D eigenvalue weighted by molar-refractivity contribution is -0.143. The fourth-order valence-corrected chi connectivity index (χ4v) is 3.88. The molecule has 0 bridgehead atoms. The number of carboxylic acids is 1. The number of carbonyl (C=O) groups is 1. The highest BCUT2D eigenvalue weighted by atomic mass is 79.9. The Kier molecular flexibility index (Phi) is 5.21. The minimum absolute atomic E-state index is 0.102. The highest BCUT2D eigenvalue weighted by Crippen LogP contribution is 2.28. The van der Waals surface area contributed by atoms with Crippen molar-refractivity contribution >= 4 is 33.2 Å². The molecule has 1 aliphatic carbocycles. The molecule has 1 saturated carbocycles. The SMILES string of the molecule is O=C(O)C1CCC(CNCc2cc(Br)cs2)CC1. The summed E-state index contributed by atoms with van der Waals surface area (Å²) in [7, 11) is 0. The molecule has 100 valence electrons. The van der Waals surface area contributed by atoms with E-state index >= 15 is 0 Å². The molecular formula is C13H18BrNO2S. The van der Waals surface area contributed by atoms with Gasteiger partial charge in [0.1, 0.15) is 0 Å². The lowest BCUT2D eigenvalue weighted by Crippen LogP contribution is -2.28. The summed E-state index contributed by atoms with van der Waals surface area (Å²) < 4.78 is 1.14. The van der Waals surface area contributed by atoms with E-state index in [4.69, 9.17) is 5.11 Å². The van der Waals surface area contributed by atoms with Crippen molar-refractivity contribution in [3.8, 4) is 0 Å². The van der Waals surface area contributed by atoms with Crippen molar-refractivity contribution in [1.82, 2.24) is 5.32 Å². The van der Waals surface area contributed by atoms with Crippen LogP contribution in [0, 0.1) is 11.8 Å². The normalized spacial score (nSPS) is 24.1. The van der Waals surface area contributed by atoms with Gasteiger partial charge in [0.25, 0.3) is 0 Å². The second-order valence-corrected chi connectivity index (χ2v) is 6.83. The Balaban J connectivity index is 1.65. The first-order valence-corrected chi connectivity index (χ1v) is 7.99. The second-order valence-electron chi connectivity index (χ2n) is 4.92. The Morgan fingerprint density at radius 3 is 2.72 bits per heavy atom. The van der Waals surface area contributed by atoms with Crippen LogP contribution < -0.4 is 5.32 Å². The van der Waals surface area contributed by atoms with Gasteiger partial charge in [0, 0.05) is 21.3 Å². The van der Waals surface area contributed by atoms with E-state index in [9.17, 15) is 4.79 Å². The average molecular weight is 332 g/mol. The Morgan fingerprint density at radius 2 is 2.17 bits per heavy atom. The van der Waals surface area contributed by atoms with Crippen molar-refractivity contribution in [2.24, 2.45) is 11.8 Å². The van der Waals surface area contributed by atoms with Crippen molar-refractivity contribution in [3.63, 3.8) is 0 Å². The van der Waals surface area contributed by atoms with E-state index in [1.165, 1.54) is 4.88 Å². The summed E-state index contributed by atoms with van der Waals surface area (Å²) in [5.74, 6) is -0.0802. The number of carboxylic acid groups (broad SMARTS) is 1. The van der Waals surface area contributed by atoms with Crippen LogP contribution in [0.2, 0.25) is 0 Å². The zero-order chi connectivity index (χ0) is 13.0. The summed E-state index contributed by atoms with van der Waals surface area (Å²) in [5, 5.41) is 14.5. The molecule has 1 heterocycles. The lowest BCUT2D eigenvalue weighted by atomic mass is 9.82. The smallest absolute Gasteiger partial charge is 0.306 e. The van der Waals surface area contributed by atoms with E-state index in [-0.39, 0.29) is 5.92 Å². The minimum Gasteiger partial charge on any atom is -0.481 e. The van der Waals surface area contributed by atoms with Crippen molar-refractivity contribution in [2.45, 2.75) is 32.2 Å². The van der Waals surface area contributed by atoms with Gasteiger partial charge >= 0.3 is 5.97 Å². The zero-order valence-corrected chi connectivity index (χ0v) is 12.6. The molecule has 0 radical (unpaired) electrons. The zero-order valence-electron chi connectivity index (χ0n) is 10.2. The number of hydrogen-bond acceptors (Lipinski definition) is 3. The van der Waals surface area contributed by atoms with Gasteiger partial charge < -0.3 is 10.4 Å². The van der Waals surface area contributed by atoms with Gasteiger partial charge in [-0.2, -0.15) is 0 Å². The van der Waals surface area contributed by atoms with E-state index in [0.717, 1.165) is 43.2 Å². The number of nitrogens with one attached hydrogen (secondary N) is 1. The molecule has 3 nitrogen and oxygen atoms in total. The van der Waals surface area contributed by atoms with Crippen LogP contribution in [0.25, 0.3) is 0 Å². The number of halogens is 1. The van der Waals surface area contributed by atoms with Crippen molar-refractivity contribution in [2.75, 3.05) is 6.54 Å². The van der Waals surface area contributed by atoms with E-state index in [2.05, 4.69) is 32.7 Å². The first kappa shape index (κ1) is 14.0. The fraction of sp³-hybridized carbons (Fsp3) is 0.615. The number of rotatable bonds is 5. The van der Waals surface area contributed by atoms with Crippen molar-refractivity contribution < 1.29 is 9.90 Å². The van der Waals surface area contributed by atoms with Gasteiger partial charge in [0.2, 0.25) is 0 Å². The van der Waals surface area contributed by atoms with Gasteiger partial charge in [-0.1, -0.05) is 0 Å². The summed E-state index contributed by atoms with van der Waals surface area (Å²) >= 11 is 5.20. The van der Waals surface area contributed by atoms with Gasteiger partial charge in [-0.25, -0.2) is 0 Å². The van der Waals surface area contributed by atoms with Crippen LogP contribution in [0.3, 0.4) is 0 Å². The highest BCUT2D eigenvalue weighted by molar-refractivity contribution is 9.10. The maximum Gasteiger partial charge on any atom is 0.306 e. The van der Waals surface area contributed by atoms with Crippen molar-refractivity contribution in [1.29, 1.82) is 0 Å². The van der Waals surface area contributed by atoms with E-state index in [1.807, 2.05) is 0 Å². The fourth-order valence-electron chi connectivity index (χ4n) is 2.46. The Labute approximate surface area is 120 Å². The number of thiophene rings is 1. The summed E-state index contributed by atoms with van der Waals surface area (Å²) in [6.07, 6.45) is 3.76. The largest absolute Gasteiger partial charge is 0.481 e. The predicted octanol–water partition coefficient (Wildman–Crippen LogP) is 3.49. The maximum absolute atomic E-state index is 10.8. The first-order valence-electron chi connectivity index (χ1n) is 6.31. The predicted molar refractivity (Wildman–Crippen MR) is 76.8 cm³/mol. The molecule has 0 aromatic carbocycles. The van der Waals surface area contributed by atoms with Gasteiger partial charge in [-0.3, -0.25) is 4.79 Å². The second kappa shape index (κ2) is 6.68. The topological polar surface area (TPSA) is 49.3 Å². The number of hydrogen-bond donors (Lipinski definition) is 2. The molecule has 18 heavy (non-hydrogen) atoms.